The number of aryl methyl sites for hydroxylation is 1. The number of carbonyl (C=O) groups excluding carboxylic acids is 1. The highest BCUT2D eigenvalue weighted by Gasteiger charge is 2.14. The number of hydrogen-bond donors (Lipinski definition) is 1. The summed E-state index contributed by atoms with van der Waals surface area (Å²) in [7, 11) is 0. The minimum Gasteiger partial charge on any atom is -0.352 e. The number of unbranched alkanes of at least 4 members (excludes halogenated alkanes) is 2. The van der Waals surface area contributed by atoms with Gasteiger partial charge in [0.15, 0.2) is 0 Å². The van der Waals surface area contributed by atoms with E-state index in [9.17, 15) is 9.59 Å². The highest BCUT2D eigenvalue weighted by molar-refractivity contribution is 5.97. The number of nitrogens with zero attached hydrogens (tertiary/aromatic N) is 2. The van der Waals surface area contributed by atoms with E-state index in [1.54, 1.807) is 18.2 Å². The molecule has 0 saturated heterocycles. The maximum atomic E-state index is 12.8. The zero-order valence-electron chi connectivity index (χ0n) is 15.0. The van der Waals surface area contributed by atoms with Crippen molar-refractivity contribution in [2.75, 3.05) is 6.54 Å². The van der Waals surface area contributed by atoms with Gasteiger partial charge in [-0.25, -0.2) is 4.98 Å². The van der Waals surface area contributed by atoms with Crippen molar-refractivity contribution in [2.24, 2.45) is 0 Å². The van der Waals surface area contributed by atoms with Crippen molar-refractivity contribution in [3.8, 4) is 0 Å². The number of carbonyl (C=O) groups is 1. The van der Waals surface area contributed by atoms with Crippen molar-refractivity contribution in [3.63, 3.8) is 0 Å². The van der Waals surface area contributed by atoms with Gasteiger partial charge in [0.2, 0.25) is 0 Å². The Bertz CT molecular complexity index is 810. The van der Waals surface area contributed by atoms with E-state index in [-0.39, 0.29) is 11.5 Å². The Hall–Kier alpha value is -2.17. The minimum atomic E-state index is -0.0911. The lowest BCUT2D eigenvalue weighted by Gasteiger charge is -2.16. The first-order valence-corrected chi connectivity index (χ1v) is 9.52. The second kappa shape index (κ2) is 8.28. The van der Waals surface area contributed by atoms with Crippen LogP contribution in [0.2, 0.25) is 0 Å². The fraction of sp³-hybridized carbons (Fsp3) is 0.550. The van der Waals surface area contributed by atoms with Crippen LogP contribution in [0.4, 0.5) is 0 Å². The Morgan fingerprint density at radius 2 is 2.04 bits per heavy atom. The van der Waals surface area contributed by atoms with Crippen LogP contribution in [0.1, 0.15) is 68.1 Å². The number of hydrogen-bond acceptors (Lipinski definition) is 3. The molecule has 0 atom stereocenters. The van der Waals surface area contributed by atoms with Crippen LogP contribution in [0.3, 0.4) is 0 Å². The number of fused-ring (bicyclic) bond motifs is 2. The summed E-state index contributed by atoms with van der Waals surface area (Å²) in [5.74, 6) is 0.768. The van der Waals surface area contributed by atoms with E-state index in [4.69, 9.17) is 4.98 Å². The van der Waals surface area contributed by atoms with Crippen LogP contribution in [0.15, 0.2) is 23.0 Å². The Morgan fingerprint density at radius 1 is 1.20 bits per heavy atom. The highest BCUT2D eigenvalue weighted by Crippen LogP contribution is 2.16. The molecular weight excluding hydrogens is 314 g/mol. The second-order valence-electron chi connectivity index (χ2n) is 6.84. The average molecular weight is 341 g/mol. The number of nitrogens with one attached hydrogen (secondary N) is 1. The molecule has 0 spiro atoms. The third-order valence-electron chi connectivity index (χ3n) is 4.89. The molecule has 134 valence electrons. The van der Waals surface area contributed by atoms with E-state index < -0.39 is 0 Å². The van der Waals surface area contributed by atoms with E-state index in [1.807, 2.05) is 4.57 Å². The predicted molar refractivity (Wildman–Crippen MR) is 100 cm³/mol. The van der Waals surface area contributed by atoms with Gasteiger partial charge in [-0.2, -0.15) is 0 Å². The van der Waals surface area contributed by atoms with E-state index in [0.717, 1.165) is 50.9 Å². The van der Waals surface area contributed by atoms with Gasteiger partial charge in [-0.1, -0.05) is 32.6 Å². The Labute approximate surface area is 148 Å². The summed E-state index contributed by atoms with van der Waals surface area (Å²) in [4.78, 5) is 29.8. The zero-order chi connectivity index (χ0) is 17.6. The van der Waals surface area contributed by atoms with E-state index in [0.29, 0.717) is 23.0 Å². The average Bonchev–Trinajstić information content (AvgIpc) is 2.60. The SMILES string of the molecule is CCCCCNC(=O)c1ccc2c(=O)n3c(nc2c1)CCCCCC3. The molecule has 3 rings (SSSR count). The molecule has 1 aliphatic heterocycles. The lowest BCUT2D eigenvalue weighted by atomic mass is 10.1. The molecule has 0 bridgehead atoms. The van der Waals surface area contributed by atoms with Crippen molar-refractivity contribution in [2.45, 2.75) is 64.8 Å². The molecule has 0 unspecified atom stereocenters. The topological polar surface area (TPSA) is 64.0 Å². The predicted octanol–water partition coefficient (Wildman–Crippen LogP) is 3.43. The van der Waals surface area contributed by atoms with Crippen molar-refractivity contribution >= 4 is 16.8 Å². The van der Waals surface area contributed by atoms with Gasteiger partial charge in [0.25, 0.3) is 11.5 Å². The number of amides is 1. The molecule has 1 aliphatic rings. The standard InChI is InChI=1S/C20H27N3O2/c1-2-3-7-12-21-19(24)15-10-11-16-17(14-15)22-18-9-6-4-5-8-13-23(18)20(16)25/h10-11,14H,2-9,12-13H2,1H3,(H,21,24). The number of aromatic nitrogens is 2. The van der Waals surface area contributed by atoms with Gasteiger partial charge in [-0.15, -0.1) is 0 Å². The van der Waals surface area contributed by atoms with Crippen molar-refractivity contribution < 1.29 is 4.79 Å². The first-order chi connectivity index (χ1) is 12.2. The van der Waals surface area contributed by atoms with Crippen molar-refractivity contribution in [1.82, 2.24) is 14.9 Å². The first-order valence-electron chi connectivity index (χ1n) is 9.52. The van der Waals surface area contributed by atoms with E-state index in [1.165, 1.54) is 12.8 Å². The Morgan fingerprint density at radius 3 is 2.88 bits per heavy atom. The summed E-state index contributed by atoms with van der Waals surface area (Å²) in [5, 5.41) is 3.55. The summed E-state index contributed by atoms with van der Waals surface area (Å²) < 4.78 is 1.83. The van der Waals surface area contributed by atoms with Gasteiger partial charge in [-0.3, -0.25) is 14.2 Å². The molecule has 1 amide bonds. The summed E-state index contributed by atoms with van der Waals surface area (Å²) >= 11 is 0. The van der Waals surface area contributed by atoms with Gasteiger partial charge in [-0.05, 0) is 37.5 Å². The molecule has 2 heterocycles. The van der Waals surface area contributed by atoms with Crippen LogP contribution in [-0.4, -0.2) is 22.0 Å². The number of rotatable bonds is 5. The van der Waals surface area contributed by atoms with E-state index in [2.05, 4.69) is 12.2 Å². The monoisotopic (exact) mass is 341 g/mol. The van der Waals surface area contributed by atoms with Crippen LogP contribution in [0.25, 0.3) is 10.9 Å². The van der Waals surface area contributed by atoms with Gasteiger partial charge >= 0.3 is 0 Å². The molecule has 1 aromatic carbocycles. The molecule has 1 aromatic heterocycles. The van der Waals surface area contributed by atoms with Crippen LogP contribution in [-0.2, 0) is 13.0 Å². The van der Waals surface area contributed by atoms with Gasteiger partial charge in [0.1, 0.15) is 5.82 Å². The third-order valence-corrected chi connectivity index (χ3v) is 4.89. The molecule has 2 aromatic rings. The minimum absolute atomic E-state index is 0.0248. The molecule has 1 N–H and O–H groups in total. The Balaban J connectivity index is 1.88. The third kappa shape index (κ3) is 4.09. The highest BCUT2D eigenvalue weighted by atomic mass is 16.1. The fourth-order valence-electron chi connectivity index (χ4n) is 3.42. The molecule has 25 heavy (non-hydrogen) atoms. The summed E-state index contributed by atoms with van der Waals surface area (Å²) in [6.45, 7) is 3.57. The summed E-state index contributed by atoms with van der Waals surface area (Å²) in [5.41, 5.74) is 1.24. The lowest BCUT2D eigenvalue weighted by Crippen LogP contribution is -2.27. The fourth-order valence-corrected chi connectivity index (χ4v) is 3.42. The van der Waals surface area contributed by atoms with Crippen molar-refractivity contribution in [1.29, 1.82) is 0 Å². The zero-order valence-corrected chi connectivity index (χ0v) is 15.0. The maximum absolute atomic E-state index is 12.8. The first kappa shape index (κ1) is 17.6. The molecule has 0 radical (unpaired) electrons. The van der Waals surface area contributed by atoms with Gasteiger partial charge in [0.05, 0.1) is 10.9 Å². The molecule has 0 saturated carbocycles. The van der Waals surface area contributed by atoms with Crippen LogP contribution in [0, 0.1) is 0 Å². The second-order valence-corrected chi connectivity index (χ2v) is 6.84. The summed E-state index contributed by atoms with van der Waals surface area (Å²) in [6.07, 6.45) is 8.51. The molecular formula is C20H27N3O2. The van der Waals surface area contributed by atoms with E-state index >= 15 is 0 Å². The van der Waals surface area contributed by atoms with Crippen molar-refractivity contribution in [3.05, 3.63) is 39.9 Å². The normalized spacial score (nSPS) is 14.6. The quantitative estimate of drug-likeness (QED) is 0.848. The van der Waals surface area contributed by atoms with Crippen LogP contribution in [0.5, 0.6) is 0 Å². The van der Waals surface area contributed by atoms with Crippen LogP contribution < -0.4 is 10.9 Å². The van der Waals surface area contributed by atoms with Gasteiger partial charge in [0, 0.05) is 25.1 Å². The molecule has 5 nitrogen and oxygen atoms in total. The van der Waals surface area contributed by atoms with Crippen LogP contribution >= 0.6 is 0 Å². The molecule has 0 aliphatic carbocycles. The summed E-state index contributed by atoms with van der Waals surface area (Å²) in [6, 6.07) is 5.24. The molecule has 0 fully saturated rings. The largest absolute Gasteiger partial charge is 0.352 e. The maximum Gasteiger partial charge on any atom is 0.261 e. The Kier molecular flexibility index (Phi) is 5.84. The smallest absolute Gasteiger partial charge is 0.261 e. The van der Waals surface area contributed by atoms with Gasteiger partial charge < -0.3 is 5.32 Å². The number of benzene rings is 1. The molecule has 5 heteroatoms. The lowest BCUT2D eigenvalue weighted by molar-refractivity contribution is 0.0953.